The van der Waals surface area contributed by atoms with Crippen LogP contribution >= 0.6 is 12.2 Å². The Morgan fingerprint density at radius 1 is 1.18 bits per heavy atom. The van der Waals surface area contributed by atoms with E-state index in [4.69, 9.17) is 17.0 Å². The van der Waals surface area contributed by atoms with Gasteiger partial charge in [-0.05, 0) is 49.0 Å². The molecule has 2 aromatic rings. The molecular formula is C15H15N3O3S. The maximum Gasteiger partial charge on any atom is 0.271 e. The van der Waals surface area contributed by atoms with Crippen LogP contribution in [-0.4, -0.2) is 17.1 Å². The Kier molecular flexibility index (Phi) is 4.90. The third-order valence-electron chi connectivity index (χ3n) is 3.03. The van der Waals surface area contributed by atoms with E-state index in [-0.39, 0.29) is 5.69 Å². The molecule has 0 aliphatic heterocycles. The minimum atomic E-state index is -0.440. The van der Waals surface area contributed by atoms with Gasteiger partial charge in [-0.3, -0.25) is 10.1 Å². The zero-order chi connectivity index (χ0) is 16.1. The number of methoxy groups -OCH3 is 1. The van der Waals surface area contributed by atoms with E-state index < -0.39 is 4.92 Å². The summed E-state index contributed by atoms with van der Waals surface area (Å²) in [4.78, 5) is 10.4. The first kappa shape index (κ1) is 15.7. The molecule has 2 rings (SSSR count). The van der Waals surface area contributed by atoms with E-state index in [1.54, 1.807) is 13.2 Å². The molecule has 0 radical (unpaired) electrons. The van der Waals surface area contributed by atoms with Gasteiger partial charge in [0.15, 0.2) is 5.11 Å². The van der Waals surface area contributed by atoms with Gasteiger partial charge in [-0.15, -0.1) is 0 Å². The average molecular weight is 317 g/mol. The number of benzene rings is 2. The van der Waals surface area contributed by atoms with Crippen molar-refractivity contribution in [2.75, 3.05) is 17.7 Å². The number of nitro benzene ring substituents is 1. The fourth-order valence-corrected chi connectivity index (χ4v) is 2.05. The van der Waals surface area contributed by atoms with Crippen molar-refractivity contribution in [3.63, 3.8) is 0 Å². The van der Waals surface area contributed by atoms with Crippen LogP contribution in [-0.2, 0) is 0 Å². The van der Waals surface area contributed by atoms with Gasteiger partial charge < -0.3 is 15.4 Å². The predicted molar refractivity (Wildman–Crippen MR) is 90.7 cm³/mol. The molecular weight excluding hydrogens is 302 g/mol. The molecule has 0 amide bonds. The highest BCUT2D eigenvalue weighted by Gasteiger charge is 2.09. The molecule has 0 atom stereocenters. The number of ether oxygens (including phenoxy) is 1. The maximum atomic E-state index is 10.8. The van der Waals surface area contributed by atoms with Crippen molar-refractivity contribution in [1.82, 2.24) is 0 Å². The van der Waals surface area contributed by atoms with Crippen LogP contribution in [0.2, 0.25) is 0 Å². The van der Waals surface area contributed by atoms with Crippen LogP contribution in [0.15, 0.2) is 42.5 Å². The quantitative estimate of drug-likeness (QED) is 0.508. The van der Waals surface area contributed by atoms with Crippen LogP contribution < -0.4 is 15.4 Å². The number of anilines is 2. The highest BCUT2D eigenvalue weighted by atomic mass is 32.1. The Morgan fingerprint density at radius 2 is 1.86 bits per heavy atom. The lowest BCUT2D eigenvalue weighted by atomic mass is 10.2. The maximum absolute atomic E-state index is 10.8. The van der Waals surface area contributed by atoms with E-state index in [2.05, 4.69) is 10.6 Å². The number of nitrogens with one attached hydrogen (secondary N) is 2. The summed E-state index contributed by atoms with van der Waals surface area (Å²) in [6.45, 7) is 1.85. The Hall–Kier alpha value is -2.67. The number of non-ortho nitro benzene ring substituents is 1. The van der Waals surface area contributed by atoms with Crippen molar-refractivity contribution in [3.8, 4) is 5.75 Å². The van der Waals surface area contributed by atoms with Crippen LogP contribution in [0.3, 0.4) is 0 Å². The molecule has 0 bridgehead atoms. The molecule has 2 N–H and O–H groups in total. The highest BCUT2D eigenvalue weighted by Crippen LogP contribution is 2.22. The Balaban J connectivity index is 2.08. The second-order valence-electron chi connectivity index (χ2n) is 4.56. The second kappa shape index (κ2) is 6.86. The van der Waals surface area contributed by atoms with E-state index >= 15 is 0 Å². The Bertz CT molecular complexity index is 702. The molecule has 0 aliphatic carbocycles. The number of nitrogens with zero attached hydrogens (tertiary/aromatic N) is 1. The molecule has 7 heteroatoms. The number of rotatable bonds is 4. The van der Waals surface area contributed by atoms with Crippen LogP contribution in [0.25, 0.3) is 0 Å². The molecule has 114 valence electrons. The van der Waals surface area contributed by atoms with Gasteiger partial charge in [-0.1, -0.05) is 6.07 Å². The van der Waals surface area contributed by atoms with Crippen molar-refractivity contribution >= 4 is 34.4 Å². The smallest absolute Gasteiger partial charge is 0.271 e. The number of hydrogen-bond donors (Lipinski definition) is 2. The zero-order valence-corrected chi connectivity index (χ0v) is 12.9. The summed E-state index contributed by atoms with van der Waals surface area (Å²) in [5.41, 5.74) is 2.27. The topological polar surface area (TPSA) is 76.4 Å². The first-order chi connectivity index (χ1) is 10.5. The number of nitro groups is 1. The van der Waals surface area contributed by atoms with Crippen molar-refractivity contribution in [2.45, 2.75) is 6.92 Å². The highest BCUT2D eigenvalue weighted by molar-refractivity contribution is 7.80. The first-order valence-electron chi connectivity index (χ1n) is 6.46. The summed E-state index contributed by atoms with van der Waals surface area (Å²) >= 11 is 5.22. The SMILES string of the molecule is COc1ccc(NC(=S)Nc2cc([N+](=O)[O-])ccc2C)cc1. The first-order valence-corrected chi connectivity index (χ1v) is 6.87. The Morgan fingerprint density at radius 3 is 2.45 bits per heavy atom. The van der Waals surface area contributed by atoms with E-state index in [1.807, 2.05) is 31.2 Å². The molecule has 0 saturated carbocycles. The van der Waals surface area contributed by atoms with Crippen molar-refractivity contribution < 1.29 is 9.66 Å². The lowest BCUT2D eigenvalue weighted by Gasteiger charge is -2.12. The van der Waals surface area contributed by atoms with Crippen molar-refractivity contribution in [2.24, 2.45) is 0 Å². The summed E-state index contributed by atoms with van der Waals surface area (Å²) in [6.07, 6.45) is 0. The number of aryl methyl sites for hydroxylation is 1. The van der Waals surface area contributed by atoms with Crippen LogP contribution in [0.5, 0.6) is 5.75 Å². The van der Waals surface area contributed by atoms with Gasteiger partial charge in [0.05, 0.1) is 12.0 Å². The lowest BCUT2D eigenvalue weighted by molar-refractivity contribution is -0.384. The van der Waals surface area contributed by atoms with Crippen LogP contribution in [0, 0.1) is 17.0 Å². The number of thiocarbonyl (C=S) groups is 1. The standard InChI is InChI=1S/C15H15N3O3S/c1-10-3-6-12(18(19)20)9-14(10)17-15(22)16-11-4-7-13(21-2)8-5-11/h3-9H,1-2H3,(H2,16,17,22). The largest absolute Gasteiger partial charge is 0.497 e. The van der Waals surface area contributed by atoms with E-state index in [1.165, 1.54) is 12.1 Å². The molecule has 0 fully saturated rings. The van der Waals surface area contributed by atoms with E-state index in [9.17, 15) is 10.1 Å². The minimum Gasteiger partial charge on any atom is -0.497 e. The third kappa shape index (κ3) is 3.92. The number of hydrogen-bond acceptors (Lipinski definition) is 4. The van der Waals surface area contributed by atoms with Crippen LogP contribution in [0.4, 0.5) is 17.1 Å². The third-order valence-corrected chi connectivity index (χ3v) is 3.23. The van der Waals surface area contributed by atoms with Gasteiger partial charge in [-0.2, -0.15) is 0 Å². The fraction of sp³-hybridized carbons (Fsp3) is 0.133. The van der Waals surface area contributed by atoms with Crippen LogP contribution in [0.1, 0.15) is 5.56 Å². The average Bonchev–Trinajstić information content (AvgIpc) is 2.50. The molecule has 22 heavy (non-hydrogen) atoms. The second-order valence-corrected chi connectivity index (χ2v) is 4.97. The normalized spacial score (nSPS) is 9.91. The fourth-order valence-electron chi connectivity index (χ4n) is 1.82. The molecule has 0 aromatic heterocycles. The van der Waals surface area contributed by atoms with Gasteiger partial charge in [0.2, 0.25) is 0 Å². The van der Waals surface area contributed by atoms with Crippen molar-refractivity contribution in [3.05, 3.63) is 58.1 Å². The summed E-state index contributed by atoms with van der Waals surface area (Å²) in [7, 11) is 1.60. The molecule has 2 aromatic carbocycles. The molecule has 6 nitrogen and oxygen atoms in total. The molecule has 0 aliphatic rings. The Labute approximate surface area is 133 Å². The molecule has 0 heterocycles. The van der Waals surface area contributed by atoms with E-state index in [0.29, 0.717) is 10.8 Å². The van der Waals surface area contributed by atoms with Gasteiger partial charge in [0.25, 0.3) is 5.69 Å². The summed E-state index contributed by atoms with van der Waals surface area (Å²) in [5.74, 6) is 0.749. The minimum absolute atomic E-state index is 0.0142. The predicted octanol–water partition coefficient (Wildman–Crippen LogP) is 3.72. The van der Waals surface area contributed by atoms with Gasteiger partial charge in [0, 0.05) is 23.5 Å². The molecule has 0 spiro atoms. The van der Waals surface area contributed by atoms with E-state index in [0.717, 1.165) is 17.0 Å². The van der Waals surface area contributed by atoms with Gasteiger partial charge >= 0.3 is 0 Å². The zero-order valence-electron chi connectivity index (χ0n) is 12.1. The van der Waals surface area contributed by atoms with Gasteiger partial charge in [-0.25, -0.2) is 0 Å². The van der Waals surface area contributed by atoms with Crippen molar-refractivity contribution in [1.29, 1.82) is 0 Å². The summed E-state index contributed by atoms with van der Waals surface area (Å²) in [6, 6.07) is 11.9. The molecule has 0 unspecified atom stereocenters. The monoisotopic (exact) mass is 317 g/mol. The summed E-state index contributed by atoms with van der Waals surface area (Å²) in [5, 5.41) is 17.2. The lowest BCUT2D eigenvalue weighted by Crippen LogP contribution is -2.19. The summed E-state index contributed by atoms with van der Waals surface area (Å²) < 4.78 is 5.08. The molecule has 0 saturated heterocycles. The van der Waals surface area contributed by atoms with Gasteiger partial charge in [0.1, 0.15) is 5.75 Å².